The van der Waals surface area contributed by atoms with Gasteiger partial charge >= 0.3 is 0 Å². The van der Waals surface area contributed by atoms with E-state index in [0.717, 1.165) is 21.5 Å². The molecule has 1 rings (SSSR count). The predicted octanol–water partition coefficient (Wildman–Crippen LogP) is 2.78. The maximum Gasteiger partial charge on any atom is 0.156 e. The van der Waals surface area contributed by atoms with E-state index in [1.54, 1.807) is 18.8 Å². The number of rotatable bonds is 2. The fourth-order valence-corrected chi connectivity index (χ4v) is 2.11. The van der Waals surface area contributed by atoms with Gasteiger partial charge in [0.15, 0.2) is 5.17 Å². The lowest BCUT2D eigenvalue weighted by molar-refractivity contribution is 1.18. The topological polar surface area (TPSA) is 24.4 Å². The normalized spacial score (nSPS) is 11.5. The second kappa shape index (κ2) is 5.94. The van der Waals surface area contributed by atoms with Gasteiger partial charge < -0.3 is 5.32 Å². The summed E-state index contributed by atoms with van der Waals surface area (Å²) < 4.78 is 0. The van der Waals surface area contributed by atoms with Gasteiger partial charge in [0, 0.05) is 24.9 Å². The highest BCUT2D eigenvalue weighted by Gasteiger charge is 2.01. The smallest absolute Gasteiger partial charge is 0.156 e. The van der Waals surface area contributed by atoms with Crippen molar-refractivity contribution in [2.75, 3.05) is 14.1 Å². The molecule has 0 fully saturated rings. The molecule has 1 aromatic rings. The van der Waals surface area contributed by atoms with Crippen LogP contribution in [-0.2, 0) is 5.75 Å². The Hall–Kier alpha value is -0.670. The number of nitrogens with one attached hydrogen (secondary N) is 1. The molecule has 0 radical (unpaired) electrons. The van der Waals surface area contributed by atoms with Crippen molar-refractivity contribution < 1.29 is 0 Å². The summed E-state index contributed by atoms with van der Waals surface area (Å²) in [5.41, 5.74) is 1.13. The lowest BCUT2D eigenvalue weighted by Crippen LogP contribution is -2.14. The summed E-state index contributed by atoms with van der Waals surface area (Å²) in [7, 11) is 3.63. The van der Waals surface area contributed by atoms with Gasteiger partial charge in [0.2, 0.25) is 0 Å². The Morgan fingerprint density at radius 1 is 1.50 bits per heavy atom. The Kier molecular flexibility index (Phi) is 4.84. The largest absolute Gasteiger partial charge is 0.368 e. The van der Waals surface area contributed by atoms with Gasteiger partial charge in [-0.2, -0.15) is 0 Å². The lowest BCUT2D eigenvalue weighted by Gasteiger charge is -2.05. The molecule has 0 bridgehead atoms. The summed E-state index contributed by atoms with van der Waals surface area (Å²) in [6, 6.07) is 7.85. The quantitative estimate of drug-likeness (QED) is 0.622. The first kappa shape index (κ1) is 11.4. The first-order valence-electron chi connectivity index (χ1n) is 4.28. The first-order chi connectivity index (χ1) is 6.77. The maximum atomic E-state index is 6.02. The number of thioether (sulfide) groups is 1. The molecule has 0 unspecified atom stereocenters. The molecule has 0 aliphatic heterocycles. The van der Waals surface area contributed by atoms with Crippen LogP contribution >= 0.6 is 23.4 Å². The van der Waals surface area contributed by atoms with Crippen LogP contribution in [0.25, 0.3) is 0 Å². The average molecular weight is 229 g/mol. The van der Waals surface area contributed by atoms with Crippen LogP contribution in [0.15, 0.2) is 29.3 Å². The molecule has 1 aromatic carbocycles. The third-order valence-electron chi connectivity index (χ3n) is 1.74. The fraction of sp³-hybridized carbons (Fsp3) is 0.300. The van der Waals surface area contributed by atoms with Crippen LogP contribution in [0.5, 0.6) is 0 Å². The Morgan fingerprint density at radius 3 is 2.79 bits per heavy atom. The number of aliphatic imine (C=N–C) groups is 1. The van der Waals surface area contributed by atoms with Gasteiger partial charge in [-0.1, -0.05) is 41.6 Å². The molecule has 0 atom stereocenters. The highest BCUT2D eigenvalue weighted by Crippen LogP contribution is 2.20. The van der Waals surface area contributed by atoms with Crippen molar-refractivity contribution in [3.05, 3.63) is 34.9 Å². The molecule has 0 heterocycles. The van der Waals surface area contributed by atoms with Gasteiger partial charge in [0.25, 0.3) is 0 Å². The van der Waals surface area contributed by atoms with E-state index >= 15 is 0 Å². The summed E-state index contributed by atoms with van der Waals surface area (Å²) in [6.45, 7) is 0. The van der Waals surface area contributed by atoms with E-state index in [0.29, 0.717) is 0 Å². The van der Waals surface area contributed by atoms with E-state index in [2.05, 4.69) is 10.3 Å². The molecule has 0 amide bonds. The minimum absolute atomic E-state index is 0.812. The molecule has 0 saturated carbocycles. The Labute approximate surface area is 93.8 Å². The Morgan fingerprint density at radius 2 is 2.21 bits per heavy atom. The molecule has 0 aliphatic rings. The van der Waals surface area contributed by atoms with E-state index in [9.17, 15) is 0 Å². The molecule has 0 aromatic heterocycles. The molecular weight excluding hydrogens is 216 g/mol. The van der Waals surface area contributed by atoms with Gasteiger partial charge in [-0.05, 0) is 11.6 Å². The van der Waals surface area contributed by atoms with E-state index < -0.39 is 0 Å². The van der Waals surface area contributed by atoms with Crippen molar-refractivity contribution in [1.82, 2.24) is 5.32 Å². The maximum absolute atomic E-state index is 6.02. The van der Waals surface area contributed by atoms with Crippen molar-refractivity contribution in [3.8, 4) is 0 Å². The summed E-state index contributed by atoms with van der Waals surface area (Å²) in [6.07, 6.45) is 0. The van der Waals surface area contributed by atoms with E-state index in [1.807, 2.05) is 31.3 Å². The molecule has 2 nitrogen and oxygen atoms in total. The van der Waals surface area contributed by atoms with Crippen LogP contribution in [0, 0.1) is 0 Å². The van der Waals surface area contributed by atoms with Crippen molar-refractivity contribution >= 4 is 28.5 Å². The molecule has 0 spiro atoms. The standard InChI is InChI=1S/C10H13ClN2S/c1-12-10(13-2)14-7-8-5-3-4-6-9(8)11/h3-6H,7H2,1-2H3,(H,12,13). The summed E-state index contributed by atoms with van der Waals surface area (Å²) in [4.78, 5) is 4.08. The highest BCUT2D eigenvalue weighted by molar-refractivity contribution is 8.13. The third-order valence-corrected chi connectivity index (χ3v) is 3.22. The Bertz CT molecular complexity index is 326. The molecule has 1 N–H and O–H groups in total. The van der Waals surface area contributed by atoms with Crippen molar-refractivity contribution in [2.24, 2.45) is 4.99 Å². The summed E-state index contributed by atoms with van der Waals surface area (Å²) in [5.74, 6) is 0.840. The lowest BCUT2D eigenvalue weighted by atomic mass is 10.2. The second-order valence-corrected chi connectivity index (χ2v) is 4.03. The van der Waals surface area contributed by atoms with Crippen LogP contribution in [0.1, 0.15) is 5.56 Å². The minimum atomic E-state index is 0.812. The number of amidine groups is 1. The number of nitrogens with zero attached hydrogens (tertiary/aromatic N) is 1. The van der Waals surface area contributed by atoms with Gasteiger partial charge in [-0.3, -0.25) is 4.99 Å². The van der Waals surface area contributed by atoms with Crippen molar-refractivity contribution in [3.63, 3.8) is 0 Å². The van der Waals surface area contributed by atoms with Crippen molar-refractivity contribution in [2.45, 2.75) is 5.75 Å². The Balaban J connectivity index is 2.58. The molecule has 14 heavy (non-hydrogen) atoms. The molecule has 0 saturated heterocycles. The number of hydrogen-bond donors (Lipinski definition) is 1. The van der Waals surface area contributed by atoms with Crippen molar-refractivity contribution in [1.29, 1.82) is 0 Å². The van der Waals surface area contributed by atoms with E-state index in [4.69, 9.17) is 11.6 Å². The second-order valence-electron chi connectivity index (χ2n) is 2.66. The van der Waals surface area contributed by atoms with Gasteiger partial charge in [0.05, 0.1) is 0 Å². The SMILES string of the molecule is CN=C(NC)SCc1ccccc1Cl. The molecule has 0 aliphatic carbocycles. The van der Waals surface area contributed by atoms with Crippen LogP contribution in [-0.4, -0.2) is 19.3 Å². The highest BCUT2D eigenvalue weighted by atomic mass is 35.5. The summed E-state index contributed by atoms with van der Waals surface area (Å²) in [5, 5.41) is 4.74. The first-order valence-corrected chi connectivity index (χ1v) is 5.65. The van der Waals surface area contributed by atoms with Gasteiger partial charge in [-0.15, -0.1) is 0 Å². The summed E-state index contributed by atoms with van der Waals surface area (Å²) >= 11 is 7.66. The average Bonchev–Trinajstić information content (AvgIpc) is 2.22. The van der Waals surface area contributed by atoms with Crippen LogP contribution in [0.4, 0.5) is 0 Å². The zero-order chi connectivity index (χ0) is 10.4. The number of benzene rings is 1. The predicted molar refractivity (Wildman–Crippen MR) is 65.2 cm³/mol. The fourth-order valence-electron chi connectivity index (χ4n) is 1.01. The molecule has 76 valence electrons. The monoisotopic (exact) mass is 228 g/mol. The van der Waals surface area contributed by atoms with Crippen LogP contribution in [0.3, 0.4) is 0 Å². The van der Waals surface area contributed by atoms with Gasteiger partial charge in [-0.25, -0.2) is 0 Å². The number of hydrogen-bond acceptors (Lipinski definition) is 2. The molecule has 4 heteroatoms. The minimum Gasteiger partial charge on any atom is -0.368 e. The van der Waals surface area contributed by atoms with Gasteiger partial charge in [0.1, 0.15) is 0 Å². The van der Waals surface area contributed by atoms with Crippen LogP contribution in [0.2, 0.25) is 5.02 Å². The zero-order valence-corrected chi connectivity index (χ0v) is 9.82. The third kappa shape index (κ3) is 3.24. The number of halogens is 1. The molecular formula is C10H13ClN2S. The van der Waals surface area contributed by atoms with E-state index in [-0.39, 0.29) is 0 Å². The zero-order valence-electron chi connectivity index (χ0n) is 8.25. The van der Waals surface area contributed by atoms with Crippen LogP contribution < -0.4 is 5.32 Å². The van der Waals surface area contributed by atoms with E-state index in [1.165, 1.54) is 0 Å².